The Morgan fingerprint density at radius 3 is 2.30 bits per heavy atom. The Kier molecular flexibility index (Phi) is 4.30. The molecule has 0 spiro atoms. The van der Waals surface area contributed by atoms with Crippen LogP contribution in [0.4, 0.5) is 10.1 Å². The molecule has 0 bridgehead atoms. The quantitative estimate of drug-likeness (QED) is 0.867. The van der Waals surface area contributed by atoms with E-state index in [9.17, 15) is 12.8 Å². The van der Waals surface area contributed by atoms with Crippen molar-refractivity contribution in [2.24, 2.45) is 0 Å². The van der Waals surface area contributed by atoms with E-state index in [1.165, 1.54) is 18.2 Å². The lowest BCUT2D eigenvalue weighted by molar-refractivity contribution is 0.590. The van der Waals surface area contributed by atoms with Crippen LogP contribution in [0.25, 0.3) is 0 Å². The third-order valence-corrected chi connectivity index (χ3v) is 4.30. The van der Waals surface area contributed by atoms with E-state index >= 15 is 0 Å². The summed E-state index contributed by atoms with van der Waals surface area (Å²) in [5.74, 6) is -0.526. The van der Waals surface area contributed by atoms with E-state index in [1.807, 2.05) is 0 Å². The van der Waals surface area contributed by atoms with Gasteiger partial charge in [0.15, 0.2) is 0 Å². The zero-order valence-electron chi connectivity index (χ0n) is 10.8. The molecule has 0 N–H and O–H groups in total. The first-order chi connectivity index (χ1) is 9.39. The molecule has 0 amide bonds. The predicted octanol–water partition coefficient (Wildman–Crippen LogP) is 3.45. The van der Waals surface area contributed by atoms with Crippen LogP contribution in [0, 0.1) is 5.82 Å². The standard InChI is InChI=1S/C14H13ClFNO2S/c1-20(18,19)17(11-6-3-2-4-7-11)10-12-13(15)8-5-9-14(12)16/h2-9H,10H2,1H3. The Hall–Kier alpha value is -1.59. The Balaban J connectivity index is 2.45. The van der Waals surface area contributed by atoms with Crippen molar-refractivity contribution in [3.8, 4) is 0 Å². The van der Waals surface area contributed by atoms with Crippen LogP contribution in [0.3, 0.4) is 0 Å². The molecule has 2 aromatic carbocycles. The maximum absolute atomic E-state index is 13.8. The van der Waals surface area contributed by atoms with Gasteiger partial charge in [-0.25, -0.2) is 12.8 Å². The normalized spacial score (nSPS) is 11.3. The topological polar surface area (TPSA) is 37.4 Å². The van der Waals surface area contributed by atoms with Crippen molar-refractivity contribution in [3.63, 3.8) is 0 Å². The summed E-state index contributed by atoms with van der Waals surface area (Å²) < 4.78 is 38.8. The molecule has 0 aliphatic rings. The number of anilines is 1. The van der Waals surface area contributed by atoms with Crippen LogP contribution in [0.15, 0.2) is 48.5 Å². The Labute approximate surface area is 122 Å². The molecule has 0 aromatic heterocycles. The van der Waals surface area contributed by atoms with Gasteiger partial charge in [-0.05, 0) is 24.3 Å². The van der Waals surface area contributed by atoms with Crippen molar-refractivity contribution in [2.45, 2.75) is 6.54 Å². The van der Waals surface area contributed by atoms with Crippen LogP contribution < -0.4 is 4.31 Å². The first kappa shape index (κ1) is 14.8. The summed E-state index contributed by atoms with van der Waals surface area (Å²) in [5.41, 5.74) is 0.623. The lowest BCUT2D eigenvalue weighted by Gasteiger charge is -2.23. The molecule has 0 radical (unpaired) electrons. The second kappa shape index (κ2) is 5.81. The minimum absolute atomic E-state index is 0.144. The molecule has 0 saturated heterocycles. The molecule has 6 heteroatoms. The van der Waals surface area contributed by atoms with Gasteiger partial charge in [0.1, 0.15) is 5.82 Å². The second-order valence-electron chi connectivity index (χ2n) is 4.31. The zero-order chi connectivity index (χ0) is 14.8. The third-order valence-electron chi connectivity index (χ3n) is 2.81. The smallest absolute Gasteiger partial charge is 0.232 e. The highest BCUT2D eigenvalue weighted by Gasteiger charge is 2.20. The molecule has 2 rings (SSSR count). The molecule has 0 aliphatic carbocycles. The van der Waals surface area contributed by atoms with Crippen molar-refractivity contribution < 1.29 is 12.8 Å². The number of benzene rings is 2. The van der Waals surface area contributed by atoms with Gasteiger partial charge in [-0.3, -0.25) is 4.31 Å². The summed E-state index contributed by atoms with van der Waals surface area (Å²) in [6.07, 6.45) is 1.08. The SMILES string of the molecule is CS(=O)(=O)N(Cc1c(F)cccc1Cl)c1ccccc1. The molecular formula is C14H13ClFNO2S. The van der Waals surface area contributed by atoms with Gasteiger partial charge in [0.05, 0.1) is 18.5 Å². The zero-order valence-corrected chi connectivity index (χ0v) is 12.3. The van der Waals surface area contributed by atoms with Crippen LogP contribution in [0.5, 0.6) is 0 Å². The lowest BCUT2D eigenvalue weighted by Crippen LogP contribution is -2.29. The third kappa shape index (κ3) is 3.29. The summed E-state index contributed by atoms with van der Waals surface area (Å²) in [6, 6.07) is 12.8. The minimum Gasteiger partial charge on any atom is -0.266 e. The van der Waals surface area contributed by atoms with E-state index in [4.69, 9.17) is 11.6 Å². The molecule has 0 fully saturated rings. The van der Waals surface area contributed by atoms with Crippen molar-refractivity contribution in [1.82, 2.24) is 0 Å². The van der Waals surface area contributed by atoms with E-state index in [0.29, 0.717) is 5.69 Å². The molecule has 0 atom stereocenters. The molecule has 3 nitrogen and oxygen atoms in total. The van der Waals surface area contributed by atoms with Gasteiger partial charge in [-0.15, -0.1) is 0 Å². The average molecular weight is 314 g/mol. The molecule has 0 heterocycles. The van der Waals surface area contributed by atoms with E-state index in [2.05, 4.69) is 0 Å². The Bertz CT molecular complexity index is 684. The molecule has 0 saturated carbocycles. The summed E-state index contributed by atoms with van der Waals surface area (Å²) in [6.45, 7) is -0.144. The maximum Gasteiger partial charge on any atom is 0.232 e. The molecule has 2 aromatic rings. The van der Waals surface area contributed by atoms with E-state index in [0.717, 1.165) is 10.6 Å². The number of rotatable bonds is 4. The van der Waals surface area contributed by atoms with Crippen molar-refractivity contribution in [1.29, 1.82) is 0 Å². The average Bonchev–Trinajstić information content (AvgIpc) is 2.38. The summed E-state index contributed by atoms with van der Waals surface area (Å²) in [7, 11) is -3.54. The molecule has 0 unspecified atom stereocenters. The maximum atomic E-state index is 13.8. The highest BCUT2D eigenvalue weighted by atomic mass is 35.5. The van der Waals surface area contributed by atoms with Gasteiger partial charge in [0, 0.05) is 10.6 Å². The van der Waals surface area contributed by atoms with Gasteiger partial charge in [0.2, 0.25) is 10.0 Å². The number of hydrogen-bond acceptors (Lipinski definition) is 2. The number of nitrogens with zero attached hydrogens (tertiary/aromatic N) is 1. The largest absolute Gasteiger partial charge is 0.266 e. The molecule has 0 aliphatic heterocycles. The fourth-order valence-electron chi connectivity index (χ4n) is 1.82. The monoisotopic (exact) mass is 313 g/mol. The van der Waals surface area contributed by atoms with Crippen LogP contribution >= 0.6 is 11.6 Å². The molecular weight excluding hydrogens is 301 g/mol. The van der Waals surface area contributed by atoms with Crippen LogP contribution in [-0.2, 0) is 16.6 Å². The van der Waals surface area contributed by atoms with Crippen molar-refractivity contribution >= 4 is 27.3 Å². The molecule has 20 heavy (non-hydrogen) atoms. The van der Waals surface area contributed by atoms with Gasteiger partial charge in [-0.1, -0.05) is 35.9 Å². The summed E-state index contributed by atoms with van der Waals surface area (Å²) in [5, 5.41) is 0.203. The van der Waals surface area contributed by atoms with Gasteiger partial charge in [0.25, 0.3) is 0 Å². The van der Waals surface area contributed by atoms with Gasteiger partial charge in [-0.2, -0.15) is 0 Å². The van der Waals surface area contributed by atoms with Crippen LogP contribution in [-0.4, -0.2) is 14.7 Å². The Morgan fingerprint density at radius 1 is 1.10 bits per heavy atom. The highest BCUT2D eigenvalue weighted by Crippen LogP contribution is 2.25. The summed E-state index contributed by atoms with van der Waals surface area (Å²) in [4.78, 5) is 0. The van der Waals surface area contributed by atoms with E-state index in [1.54, 1.807) is 30.3 Å². The predicted molar refractivity (Wildman–Crippen MR) is 78.9 cm³/mol. The van der Waals surface area contributed by atoms with Gasteiger partial charge < -0.3 is 0 Å². The van der Waals surface area contributed by atoms with E-state index in [-0.39, 0.29) is 17.1 Å². The highest BCUT2D eigenvalue weighted by molar-refractivity contribution is 7.92. The summed E-state index contributed by atoms with van der Waals surface area (Å²) >= 11 is 5.95. The lowest BCUT2D eigenvalue weighted by atomic mass is 10.2. The minimum atomic E-state index is -3.54. The van der Waals surface area contributed by atoms with Crippen molar-refractivity contribution in [2.75, 3.05) is 10.6 Å². The van der Waals surface area contributed by atoms with E-state index < -0.39 is 15.8 Å². The first-order valence-corrected chi connectivity index (χ1v) is 8.08. The second-order valence-corrected chi connectivity index (χ2v) is 6.62. The first-order valence-electron chi connectivity index (χ1n) is 5.85. The number of para-hydroxylation sites is 1. The van der Waals surface area contributed by atoms with Crippen molar-refractivity contribution in [3.05, 3.63) is 64.9 Å². The van der Waals surface area contributed by atoms with Gasteiger partial charge >= 0.3 is 0 Å². The fourth-order valence-corrected chi connectivity index (χ4v) is 2.91. The number of halogens is 2. The fraction of sp³-hybridized carbons (Fsp3) is 0.143. The number of sulfonamides is 1. The molecule has 106 valence electrons. The van der Waals surface area contributed by atoms with Crippen LogP contribution in [0.1, 0.15) is 5.56 Å². The van der Waals surface area contributed by atoms with Crippen LogP contribution in [0.2, 0.25) is 5.02 Å². The Morgan fingerprint density at radius 2 is 1.75 bits per heavy atom. The number of hydrogen-bond donors (Lipinski definition) is 0.